The number of rotatable bonds is 4. The highest BCUT2D eigenvalue weighted by Crippen LogP contribution is 2.39. The van der Waals surface area contributed by atoms with E-state index in [1.165, 1.54) is 11.8 Å². The van der Waals surface area contributed by atoms with E-state index in [0.29, 0.717) is 11.5 Å². The van der Waals surface area contributed by atoms with Crippen molar-refractivity contribution in [2.45, 2.75) is 9.79 Å². The van der Waals surface area contributed by atoms with E-state index in [1.807, 2.05) is 24.3 Å². The minimum Gasteiger partial charge on any atom is -0.387 e. The van der Waals surface area contributed by atoms with Crippen molar-refractivity contribution in [3.05, 3.63) is 48.5 Å². The molecular weight excluding hydrogens is 260 g/mol. The molecule has 0 amide bonds. The molecule has 2 aromatic carbocycles. The van der Waals surface area contributed by atoms with E-state index in [1.54, 1.807) is 36.8 Å². The van der Waals surface area contributed by atoms with Crippen molar-refractivity contribution in [2.75, 3.05) is 0 Å². The molecule has 0 atom stereocenters. The van der Waals surface area contributed by atoms with Gasteiger partial charge in [-0.2, -0.15) is 0 Å². The summed E-state index contributed by atoms with van der Waals surface area (Å²) in [5, 5.41) is 17.2. The summed E-state index contributed by atoms with van der Waals surface area (Å²) in [6.07, 6.45) is 3.31. The summed E-state index contributed by atoms with van der Waals surface area (Å²) in [4.78, 5) is 1.55. The summed E-state index contributed by atoms with van der Waals surface area (Å²) in [7, 11) is 0. The zero-order valence-corrected chi connectivity index (χ0v) is 10.6. The Morgan fingerprint density at radius 1 is 0.737 bits per heavy atom. The molecule has 4 nitrogen and oxygen atoms in total. The molecule has 0 saturated heterocycles. The molecule has 19 heavy (non-hydrogen) atoms. The van der Waals surface area contributed by atoms with Gasteiger partial charge in [-0.3, -0.25) is 0 Å². The Kier molecular flexibility index (Phi) is 4.28. The molecule has 0 aliphatic carbocycles. The molecule has 92 valence electrons. The summed E-state index contributed by atoms with van der Waals surface area (Å²) in [6, 6.07) is 14.4. The predicted molar refractivity (Wildman–Crippen MR) is 69.5 cm³/mol. The fourth-order valence-corrected chi connectivity index (χ4v) is 2.41. The lowest BCUT2D eigenvalue weighted by Gasteiger charge is -2.08. The molecule has 0 aliphatic rings. The molecule has 0 aromatic heterocycles. The number of benzene rings is 2. The van der Waals surface area contributed by atoms with Gasteiger partial charge in [-0.05, 0) is 24.3 Å². The van der Waals surface area contributed by atoms with Crippen molar-refractivity contribution in [3.8, 4) is 24.0 Å². The first-order chi connectivity index (χ1) is 9.35. The maximum absolute atomic E-state index is 8.60. The average Bonchev–Trinajstić information content (AvgIpc) is 2.44. The van der Waals surface area contributed by atoms with Gasteiger partial charge < -0.3 is 9.47 Å². The van der Waals surface area contributed by atoms with Gasteiger partial charge in [0.1, 0.15) is 0 Å². The van der Waals surface area contributed by atoms with Crippen LogP contribution in [0.15, 0.2) is 58.3 Å². The maximum atomic E-state index is 8.60. The Bertz CT molecular complexity index is 601. The molecule has 5 heteroatoms. The number of ether oxygens (including phenoxy) is 2. The van der Waals surface area contributed by atoms with Crippen LogP contribution in [0, 0.1) is 23.0 Å². The lowest BCUT2D eigenvalue weighted by Crippen LogP contribution is -1.87. The molecule has 0 aliphatic heterocycles. The molecule has 0 N–H and O–H groups in total. The van der Waals surface area contributed by atoms with Crippen LogP contribution in [0.3, 0.4) is 0 Å². The zero-order chi connectivity index (χ0) is 13.5. The number of nitriles is 2. The van der Waals surface area contributed by atoms with Crippen LogP contribution >= 0.6 is 11.8 Å². The quantitative estimate of drug-likeness (QED) is 0.793. The lowest BCUT2D eigenvalue weighted by atomic mass is 10.3. The van der Waals surface area contributed by atoms with E-state index in [4.69, 9.17) is 20.0 Å². The van der Waals surface area contributed by atoms with Gasteiger partial charge in [0.25, 0.3) is 12.5 Å². The molecule has 2 rings (SSSR count). The van der Waals surface area contributed by atoms with Crippen molar-refractivity contribution in [1.82, 2.24) is 0 Å². The fraction of sp³-hybridized carbons (Fsp3) is 0. The van der Waals surface area contributed by atoms with E-state index >= 15 is 0 Å². The molecule has 0 radical (unpaired) electrons. The predicted octanol–water partition coefficient (Wildman–Crippen LogP) is 3.56. The normalized spacial score (nSPS) is 9.16. The Morgan fingerprint density at radius 3 is 1.58 bits per heavy atom. The van der Waals surface area contributed by atoms with Crippen LogP contribution in [0.25, 0.3) is 0 Å². The first kappa shape index (κ1) is 12.8. The molecule has 0 bridgehead atoms. The number of hydrogen-bond donors (Lipinski definition) is 0. The van der Waals surface area contributed by atoms with E-state index in [-0.39, 0.29) is 0 Å². The Labute approximate surface area is 114 Å². The molecule has 0 spiro atoms. The van der Waals surface area contributed by atoms with Crippen molar-refractivity contribution < 1.29 is 9.47 Å². The number of hydrogen-bond acceptors (Lipinski definition) is 5. The first-order valence-corrected chi connectivity index (χ1v) is 6.14. The van der Waals surface area contributed by atoms with Crippen LogP contribution in [0.4, 0.5) is 0 Å². The third-order valence-electron chi connectivity index (χ3n) is 2.23. The van der Waals surface area contributed by atoms with E-state index in [0.717, 1.165) is 9.79 Å². The minimum atomic E-state index is 0.474. The van der Waals surface area contributed by atoms with Gasteiger partial charge in [-0.25, -0.2) is 0 Å². The van der Waals surface area contributed by atoms with Gasteiger partial charge in [-0.15, -0.1) is 10.5 Å². The zero-order valence-electron chi connectivity index (χ0n) is 9.74. The lowest BCUT2D eigenvalue weighted by molar-refractivity contribution is 0.492. The second-order valence-electron chi connectivity index (χ2n) is 3.38. The van der Waals surface area contributed by atoms with E-state index < -0.39 is 0 Å². The molecule has 2 aromatic rings. The monoisotopic (exact) mass is 268 g/mol. The molecule has 0 unspecified atom stereocenters. The van der Waals surface area contributed by atoms with Crippen LogP contribution in [0.1, 0.15) is 0 Å². The van der Waals surface area contributed by atoms with Gasteiger partial charge in [-0.1, -0.05) is 36.0 Å². The fourth-order valence-electron chi connectivity index (χ4n) is 1.45. The third kappa shape index (κ3) is 3.19. The van der Waals surface area contributed by atoms with Crippen LogP contribution in [-0.4, -0.2) is 0 Å². The van der Waals surface area contributed by atoms with Gasteiger partial charge >= 0.3 is 0 Å². The van der Waals surface area contributed by atoms with Gasteiger partial charge in [0.2, 0.25) is 0 Å². The van der Waals surface area contributed by atoms with Crippen LogP contribution in [0.2, 0.25) is 0 Å². The highest BCUT2D eigenvalue weighted by atomic mass is 32.2. The molecule has 0 fully saturated rings. The molecular formula is C14H8N2O2S. The molecule has 0 saturated carbocycles. The van der Waals surface area contributed by atoms with Crippen molar-refractivity contribution in [3.63, 3.8) is 0 Å². The molecule has 0 heterocycles. The van der Waals surface area contributed by atoms with Crippen molar-refractivity contribution in [2.24, 2.45) is 0 Å². The second-order valence-corrected chi connectivity index (χ2v) is 4.47. The van der Waals surface area contributed by atoms with Gasteiger partial charge in [0, 0.05) is 0 Å². The van der Waals surface area contributed by atoms with Crippen LogP contribution in [-0.2, 0) is 0 Å². The highest BCUT2D eigenvalue weighted by molar-refractivity contribution is 7.99. The SMILES string of the molecule is N#COc1ccccc1Sc1ccccc1OC#N. The van der Waals surface area contributed by atoms with Gasteiger partial charge in [0.05, 0.1) is 9.79 Å². The summed E-state index contributed by atoms with van der Waals surface area (Å²) in [6.45, 7) is 0. The summed E-state index contributed by atoms with van der Waals surface area (Å²) in [5.74, 6) is 0.948. The van der Waals surface area contributed by atoms with Crippen LogP contribution in [0.5, 0.6) is 11.5 Å². The largest absolute Gasteiger partial charge is 0.387 e. The Balaban J connectivity index is 2.32. The van der Waals surface area contributed by atoms with E-state index in [9.17, 15) is 0 Å². The number of para-hydroxylation sites is 2. The van der Waals surface area contributed by atoms with Gasteiger partial charge in [0.15, 0.2) is 11.5 Å². The minimum absolute atomic E-state index is 0.474. The highest BCUT2D eigenvalue weighted by Gasteiger charge is 2.09. The summed E-state index contributed by atoms with van der Waals surface area (Å²) in [5.41, 5.74) is 0. The summed E-state index contributed by atoms with van der Waals surface area (Å²) < 4.78 is 9.78. The Hall–Kier alpha value is -2.63. The topological polar surface area (TPSA) is 66.0 Å². The maximum Gasteiger partial charge on any atom is 0.292 e. The standard InChI is InChI=1S/C14H8N2O2S/c15-9-17-11-5-1-3-7-13(11)19-14-8-4-2-6-12(14)18-10-16/h1-8H. The third-order valence-corrected chi connectivity index (χ3v) is 3.34. The first-order valence-electron chi connectivity index (χ1n) is 5.33. The number of nitrogens with zero attached hydrogens (tertiary/aromatic N) is 2. The van der Waals surface area contributed by atoms with Crippen molar-refractivity contribution >= 4 is 11.8 Å². The second kappa shape index (κ2) is 6.34. The average molecular weight is 268 g/mol. The smallest absolute Gasteiger partial charge is 0.292 e. The van der Waals surface area contributed by atoms with Crippen molar-refractivity contribution in [1.29, 1.82) is 10.5 Å². The summed E-state index contributed by atoms with van der Waals surface area (Å²) >= 11 is 1.37. The van der Waals surface area contributed by atoms with E-state index in [2.05, 4.69) is 0 Å². The van der Waals surface area contributed by atoms with Crippen LogP contribution < -0.4 is 9.47 Å². The Morgan fingerprint density at radius 2 is 1.16 bits per heavy atom.